The van der Waals surface area contributed by atoms with Gasteiger partial charge in [-0.3, -0.25) is 4.99 Å². The third-order valence-corrected chi connectivity index (χ3v) is 4.26. The summed E-state index contributed by atoms with van der Waals surface area (Å²) in [6.45, 7) is 4.98. The number of aliphatic imine (C=N–C) groups is 1. The monoisotopic (exact) mass is 343 g/mol. The Morgan fingerprint density at radius 2 is 1.54 bits per heavy atom. The van der Waals surface area contributed by atoms with Crippen molar-refractivity contribution < 1.29 is 4.74 Å². The highest BCUT2D eigenvalue weighted by molar-refractivity contribution is 5.80. The van der Waals surface area contributed by atoms with E-state index in [1.54, 1.807) is 0 Å². The zero-order valence-electron chi connectivity index (χ0n) is 15.4. The summed E-state index contributed by atoms with van der Waals surface area (Å²) in [5.41, 5.74) is 3.46. The van der Waals surface area contributed by atoms with Crippen molar-refractivity contribution >= 4 is 6.21 Å². The summed E-state index contributed by atoms with van der Waals surface area (Å²) in [6, 6.07) is 28.9. The first-order valence-corrected chi connectivity index (χ1v) is 9.07. The first kappa shape index (κ1) is 17.9. The zero-order chi connectivity index (χ0) is 18.2. The molecule has 1 unspecified atom stereocenters. The van der Waals surface area contributed by atoms with Gasteiger partial charge in [0.25, 0.3) is 0 Å². The fraction of sp³-hybridized carbons (Fsp3) is 0.208. The van der Waals surface area contributed by atoms with Crippen molar-refractivity contribution in [3.8, 4) is 5.75 Å². The maximum absolute atomic E-state index is 5.91. The molecule has 0 fully saturated rings. The van der Waals surface area contributed by atoms with E-state index < -0.39 is 0 Å². The van der Waals surface area contributed by atoms with Gasteiger partial charge in [0.1, 0.15) is 12.4 Å². The highest BCUT2D eigenvalue weighted by Gasteiger charge is 2.13. The van der Waals surface area contributed by atoms with Crippen molar-refractivity contribution in [3.63, 3.8) is 0 Å². The maximum Gasteiger partial charge on any atom is 0.120 e. The Morgan fingerprint density at radius 1 is 0.846 bits per heavy atom. The fourth-order valence-electron chi connectivity index (χ4n) is 2.89. The molecule has 0 aliphatic heterocycles. The third-order valence-electron chi connectivity index (χ3n) is 4.26. The molecule has 2 heteroatoms. The van der Waals surface area contributed by atoms with Gasteiger partial charge in [0.15, 0.2) is 0 Å². The van der Waals surface area contributed by atoms with Crippen LogP contribution in [-0.4, -0.2) is 6.21 Å². The van der Waals surface area contributed by atoms with E-state index in [2.05, 4.69) is 56.3 Å². The Kier molecular flexibility index (Phi) is 6.21. The van der Waals surface area contributed by atoms with Crippen LogP contribution in [0.5, 0.6) is 5.75 Å². The van der Waals surface area contributed by atoms with E-state index >= 15 is 0 Å². The van der Waals surface area contributed by atoms with Gasteiger partial charge in [-0.2, -0.15) is 0 Å². The van der Waals surface area contributed by atoms with Gasteiger partial charge in [-0.05, 0) is 34.7 Å². The molecule has 0 amide bonds. The van der Waals surface area contributed by atoms with E-state index in [1.165, 1.54) is 5.56 Å². The van der Waals surface area contributed by atoms with Crippen LogP contribution in [0.2, 0.25) is 0 Å². The smallest absolute Gasteiger partial charge is 0.120 e. The number of rotatable bonds is 7. The Morgan fingerprint density at radius 3 is 2.23 bits per heavy atom. The molecule has 3 aromatic rings. The van der Waals surface area contributed by atoms with Crippen LogP contribution in [0.3, 0.4) is 0 Å². The molecule has 0 saturated heterocycles. The van der Waals surface area contributed by atoms with E-state index in [0.29, 0.717) is 12.5 Å². The summed E-state index contributed by atoms with van der Waals surface area (Å²) in [5.74, 6) is 1.30. The molecule has 0 aliphatic rings. The molecular formula is C24H25NO. The van der Waals surface area contributed by atoms with Crippen LogP contribution in [0, 0.1) is 5.92 Å². The highest BCUT2D eigenvalue weighted by atomic mass is 16.5. The van der Waals surface area contributed by atoms with E-state index in [-0.39, 0.29) is 6.04 Å². The van der Waals surface area contributed by atoms with Crippen molar-refractivity contribution in [1.29, 1.82) is 0 Å². The van der Waals surface area contributed by atoms with Crippen LogP contribution >= 0.6 is 0 Å². The van der Waals surface area contributed by atoms with Gasteiger partial charge in [-0.1, -0.05) is 86.6 Å². The first-order valence-electron chi connectivity index (χ1n) is 9.07. The molecule has 0 saturated carbocycles. The second-order valence-electron chi connectivity index (χ2n) is 6.72. The second kappa shape index (κ2) is 9.00. The van der Waals surface area contributed by atoms with Crippen molar-refractivity contribution in [2.24, 2.45) is 10.9 Å². The van der Waals surface area contributed by atoms with Crippen LogP contribution in [0.1, 0.15) is 36.6 Å². The first-order chi connectivity index (χ1) is 12.7. The molecule has 0 N–H and O–H groups in total. The summed E-state index contributed by atoms with van der Waals surface area (Å²) < 4.78 is 5.91. The molecule has 132 valence electrons. The molecule has 26 heavy (non-hydrogen) atoms. The average Bonchev–Trinajstić information content (AvgIpc) is 2.68. The summed E-state index contributed by atoms with van der Waals surface area (Å²) >= 11 is 0. The number of benzene rings is 3. The normalized spacial score (nSPS) is 12.4. The largest absolute Gasteiger partial charge is 0.489 e. The quantitative estimate of drug-likeness (QED) is 0.476. The molecule has 1 atom stereocenters. The summed E-state index contributed by atoms with van der Waals surface area (Å²) in [4.78, 5) is 4.84. The van der Waals surface area contributed by atoms with Crippen molar-refractivity contribution in [2.45, 2.75) is 26.5 Å². The predicted octanol–water partition coefficient (Wildman–Crippen LogP) is 6.08. The lowest BCUT2D eigenvalue weighted by Crippen LogP contribution is -2.04. The molecule has 0 aromatic heterocycles. The number of ether oxygens (including phenoxy) is 1. The Labute approximate surface area is 156 Å². The zero-order valence-corrected chi connectivity index (χ0v) is 15.4. The van der Waals surface area contributed by atoms with Gasteiger partial charge in [0.05, 0.1) is 6.04 Å². The predicted molar refractivity (Wildman–Crippen MR) is 109 cm³/mol. The minimum Gasteiger partial charge on any atom is -0.489 e. The Bertz CT molecular complexity index is 825. The van der Waals surface area contributed by atoms with Crippen molar-refractivity contribution in [1.82, 2.24) is 0 Å². The maximum atomic E-state index is 5.91. The molecule has 0 aliphatic carbocycles. The van der Waals surface area contributed by atoms with E-state index in [9.17, 15) is 0 Å². The number of nitrogens with zero attached hydrogens (tertiary/aromatic N) is 1. The van der Waals surface area contributed by atoms with Crippen molar-refractivity contribution in [2.75, 3.05) is 0 Å². The van der Waals surface area contributed by atoms with Crippen LogP contribution < -0.4 is 4.74 Å². The third kappa shape index (κ3) is 5.06. The number of hydrogen-bond donors (Lipinski definition) is 0. The Hall–Kier alpha value is -2.87. The van der Waals surface area contributed by atoms with Crippen molar-refractivity contribution in [3.05, 3.63) is 102 Å². The second-order valence-corrected chi connectivity index (χ2v) is 6.72. The lowest BCUT2D eigenvalue weighted by atomic mass is 9.97. The fourth-order valence-corrected chi connectivity index (χ4v) is 2.89. The molecule has 0 bridgehead atoms. The van der Waals surface area contributed by atoms with Crippen LogP contribution in [0.15, 0.2) is 89.9 Å². The van der Waals surface area contributed by atoms with Gasteiger partial charge < -0.3 is 4.74 Å². The minimum atomic E-state index is 0.157. The Balaban J connectivity index is 1.70. The average molecular weight is 343 g/mol. The lowest BCUT2D eigenvalue weighted by Gasteiger charge is -2.16. The topological polar surface area (TPSA) is 21.6 Å². The summed E-state index contributed by atoms with van der Waals surface area (Å²) in [6.07, 6.45) is 1.95. The van der Waals surface area contributed by atoms with Crippen LogP contribution in [0.4, 0.5) is 0 Å². The molecule has 0 radical (unpaired) electrons. The molecule has 2 nitrogen and oxygen atoms in total. The van der Waals surface area contributed by atoms with Gasteiger partial charge in [0.2, 0.25) is 0 Å². The molecule has 0 heterocycles. The highest BCUT2D eigenvalue weighted by Crippen LogP contribution is 2.25. The molecule has 3 aromatic carbocycles. The van der Waals surface area contributed by atoms with Crippen LogP contribution in [-0.2, 0) is 6.61 Å². The van der Waals surface area contributed by atoms with Gasteiger partial charge in [-0.25, -0.2) is 0 Å². The summed E-state index contributed by atoms with van der Waals surface area (Å²) in [7, 11) is 0. The van der Waals surface area contributed by atoms with Crippen LogP contribution in [0.25, 0.3) is 0 Å². The van der Waals surface area contributed by atoms with Gasteiger partial charge in [-0.15, -0.1) is 0 Å². The van der Waals surface area contributed by atoms with E-state index in [4.69, 9.17) is 9.73 Å². The van der Waals surface area contributed by atoms with Gasteiger partial charge >= 0.3 is 0 Å². The standard InChI is InChI=1S/C24H25NO/c1-19(2)24(22-13-7-4-8-14-22)25-17-21-12-9-15-23(16-21)26-18-20-10-5-3-6-11-20/h3-17,19,24H,18H2,1-2H3/b25-17+. The van der Waals surface area contributed by atoms with E-state index in [0.717, 1.165) is 16.9 Å². The van der Waals surface area contributed by atoms with Gasteiger partial charge in [0, 0.05) is 6.21 Å². The number of hydrogen-bond acceptors (Lipinski definition) is 2. The summed E-state index contributed by atoms with van der Waals surface area (Å²) in [5, 5.41) is 0. The minimum absolute atomic E-state index is 0.157. The van der Waals surface area contributed by atoms with E-state index in [1.807, 2.05) is 48.7 Å². The molecular weight excluding hydrogens is 318 g/mol. The lowest BCUT2D eigenvalue weighted by molar-refractivity contribution is 0.306. The molecule has 0 spiro atoms. The SMILES string of the molecule is CC(C)C(/N=C/c1cccc(OCc2ccccc2)c1)c1ccccc1. The molecule has 3 rings (SSSR count).